The monoisotopic (exact) mass is 235 g/mol. The van der Waals surface area contributed by atoms with E-state index in [1.165, 1.54) is 5.56 Å². The summed E-state index contributed by atoms with van der Waals surface area (Å²) in [5.41, 5.74) is 6.28. The van der Waals surface area contributed by atoms with Gasteiger partial charge in [0, 0.05) is 6.42 Å². The molecular weight excluding hydrogens is 221 g/mol. The first-order valence-electron chi connectivity index (χ1n) is 4.11. The fourth-order valence-corrected chi connectivity index (χ4v) is 1.11. The summed E-state index contributed by atoms with van der Waals surface area (Å²) in [6, 6.07) is 10.1. The zero-order chi connectivity index (χ0) is 8.81. The molecule has 0 unspecified atom stereocenters. The third-order valence-corrected chi connectivity index (χ3v) is 1.73. The van der Waals surface area contributed by atoms with E-state index in [0.717, 1.165) is 12.8 Å². The van der Waals surface area contributed by atoms with Crippen molar-refractivity contribution in [3.05, 3.63) is 35.9 Å². The summed E-state index contributed by atoms with van der Waals surface area (Å²) in [5.74, 6) is -0.217. The van der Waals surface area contributed by atoms with Gasteiger partial charge in [-0.2, -0.15) is 0 Å². The number of aryl methyl sites for hydroxylation is 1. The maximum Gasteiger partial charge on any atom is 0.217 e. The Labute approximate surface area is 96.7 Å². The number of hydrogen-bond acceptors (Lipinski definition) is 1. The lowest BCUT2D eigenvalue weighted by molar-refractivity contribution is -0.118. The maximum absolute atomic E-state index is 10.4. The number of benzene rings is 1. The minimum Gasteiger partial charge on any atom is -0.370 e. The number of carbonyl (C=O) groups is 1. The lowest BCUT2D eigenvalue weighted by atomic mass is 10.1. The molecule has 4 heteroatoms. The molecule has 0 bridgehead atoms. The van der Waals surface area contributed by atoms with E-state index in [0.29, 0.717) is 6.42 Å². The molecule has 0 heterocycles. The molecule has 2 N–H and O–H groups in total. The zero-order valence-electron chi connectivity index (χ0n) is 7.81. The van der Waals surface area contributed by atoms with E-state index < -0.39 is 0 Å². The Balaban J connectivity index is 0. The Hall–Kier alpha value is -0.730. The van der Waals surface area contributed by atoms with Gasteiger partial charge >= 0.3 is 0 Å². The first-order valence-corrected chi connectivity index (χ1v) is 4.11. The first kappa shape index (κ1) is 15.7. The van der Waals surface area contributed by atoms with Gasteiger partial charge in [-0.15, -0.1) is 24.8 Å². The van der Waals surface area contributed by atoms with Crippen molar-refractivity contribution in [3.63, 3.8) is 0 Å². The van der Waals surface area contributed by atoms with E-state index in [-0.39, 0.29) is 30.7 Å². The summed E-state index contributed by atoms with van der Waals surface area (Å²) in [7, 11) is 0. The molecule has 14 heavy (non-hydrogen) atoms. The highest BCUT2D eigenvalue weighted by Crippen LogP contribution is 2.03. The van der Waals surface area contributed by atoms with Gasteiger partial charge in [0.15, 0.2) is 0 Å². The molecule has 0 fully saturated rings. The summed E-state index contributed by atoms with van der Waals surface area (Å²) < 4.78 is 0. The Bertz CT molecular complexity index is 252. The highest BCUT2D eigenvalue weighted by Gasteiger charge is 1.95. The Morgan fingerprint density at radius 3 is 2.21 bits per heavy atom. The lowest BCUT2D eigenvalue weighted by Crippen LogP contribution is -2.10. The topological polar surface area (TPSA) is 43.1 Å². The third-order valence-electron chi connectivity index (χ3n) is 1.73. The number of carbonyl (C=O) groups excluding carboxylic acids is 1. The molecule has 0 aliphatic heterocycles. The van der Waals surface area contributed by atoms with Crippen molar-refractivity contribution >= 4 is 30.7 Å². The molecule has 0 radical (unpaired) electrons. The molecule has 2 nitrogen and oxygen atoms in total. The maximum atomic E-state index is 10.4. The van der Waals surface area contributed by atoms with Crippen LogP contribution in [0.5, 0.6) is 0 Å². The molecule has 80 valence electrons. The standard InChI is InChI=1S/C10H13NO.2ClH/c11-10(12)8-4-7-9-5-2-1-3-6-9;;/h1-3,5-6H,4,7-8H2,(H2,11,12);2*1H. The molecular formula is C10H15Cl2NO. The highest BCUT2D eigenvalue weighted by molar-refractivity contribution is 5.85. The van der Waals surface area contributed by atoms with E-state index in [4.69, 9.17) is 5.73 Å². The van der Waals surface area contributed by atoms with Crippen LogP contribution in [0.1, 0.15) is 18.4 Å². The van der Waals surface area contributed by atoms with Crippen molar-refractivity contribution in [1.82, 2.24) is 0 Å². The number of nitrogens with two attached hydrogens (primary N) is 1. The molecule has 0 atom stereocenters. The summed E-state index contributed by atoms with van der Waals surface area (Å²) in [5, 5.41) is 0. The number of primary amides is 1. The Morgan fingerprint density at radius 2 is 1.71 bits per heavy atom. The summed E-state index contributed by atoms with van der Waals surface area (Å²) >= 11 is 0. The number of rotatable bonds is 4. The Morgan fingerprint density at radius 1 is 1.14 bits per heavy atom. The molecule has 1 amide bonds. The summed E-state index contributed by atoms with van der Waals surface area (Å²) in [6.07, 6.45) is 2.26. The van der Waals surface area contributed by atoms with Crippen molar-refractivity contribution < 1.29 is 4.79 Å². The van der Waals surface area contributed by atoms with Gasteiger partial charge in [0.05, 0.1) is 0 Å². The molecule has 1 aromatic rings. The number of hydrogen-bond donors (Lipinski definition) is 1. The largest absolute Gasteiger partial charge is 0.370 e. The molecule has 1 rings (SSSR count). The molecule has 0 aliphatic carbocycles. The number of halogens is 2. The third kappa shape index (κ3) is 6.75. The zero-order valence-corrected chi connectivity index (χ0v) is 9.44. The van der Waals surface area contributed by atoms with Gasteiger partial charge in [0.25, 0.3) is 0 Å². The quantitative estimate of drug-likeness (QED) is 0.856. The van der Waals surface area contributed by atoms with Gasteiger partial charge in [-0.3, -0.25) is 4.79 Å². The van der Waals surface area contributed by atoms with Gasteiger partial charge in [0.2, 0.25) is 5.91 Å². The predicted molar refractivity (Wildman–Crippen MR) is 63.1 cm³/mol. The van der Waals surface area contributed by atoms with E-state index in [2.05, 4.69) is 12.1 Å². The SMILES string of the molecule is Cl.Cl.NC(=O)CCCc1ccccc1. The van der Waals surface area contributed by atoms with Crippen LogP contribution >= 0.6 is 24.8 Å². The van der Waals surface area contributed by atoms with Crippen molar-refractivity contribution in [3.8, 4) is 0 Å². The normalized spacial score (nSPS) is 8.29. The molecule has 0 saturated carbocycles. The number of amides is 1. The Kier molecular flexibility index (Phi) is 9.94. The van der Waals surface area contributed by atoms with E-state index in [1.807, 2.05) is 18.2 Å². The average molecular weight is 236 g/mol. The van der Waals surface area contributed by atoms with Gasteiger partial charge in [0.1, 0.15) is 0 Å². The van der Waals surface area contributed by atoms with E-state index in [1.54, 1.807) is 0 Å². The van der Waals surface area contributed by atoms with Crippen LogP contribution in [-0.2, 0) is 11.2 Å². The van der Waals surface area contributed by atoms with Crippen LogP contribution in [0.4, 0.5) is 0 Å². The summed E-state index contributed by atoms with van der Waals surface area (Å²) in [4.78, 5) is 10.4. The fourth-order valence-electron chi connectivity index (χ4n) is 1.11. The van der Waals surface area contributed by atoms with Crippen LogP contribution in [0.2, 0.25) is 0 Å². The van der Waals surface area contributed by atoms with Gasteiger partial charge in [-0.05, 0) is 18.4 Å². The van der Waals surface area contributed by atoms with Crippen LogP contribution in [0.3, 0.4) is 0 Å². The summed E-state index contributed by atoms with van der Waals surface area (Å²) in [6.45, 7) is 0. The van der Waals surface area contributed by atoms with Gasteiger partial charge < -0.3 is 5.73 Å². The second-order valence-electron chi connectivity index (χ2n) is 2.81. The lowest BCUT2D eigenvalue weighted by Gasteiger charge is -1.97. The van der Waals surface area contributed by atoms with Crippen molar-refractivity contribution in [1.29, 1.82) is 0 Å². The molecule has 0 aromatic heterocycles. The van der Waals surface area contributed by atoms with Crippen LogP contribution < -0.4 is 5.73 Å². The fraction of sp³-hybridized carbons (Fsp3) is 0.300. The molecule has 0 spiro atoms. The van der Waals surface area contributed by atoms with Crippen LogP contribution in [0, 0.1) is 0 Å². The minimum absolute atomic E-state index is 0. The van der Waals surface area contributed by atoms with Gasteiger partial charge in [-0.1, -0.05) is 30.3 Å². The van der Waals surface area contributed by atoms with E-state index in [9.17, 15) is 4.79 Å². The molecule has 0 aliphatic rings. The van der Waals surface area contributed by atoms with Crippen molar-refractivity contribution in [2.24, 2.45) is 5.73 Å². The van der Waals surface area contributed by atoms with Gasteiger partial charge in [-0.25, -0.2) is 0 Å². The van der Waals surface area contributed by atoms with E-state index >= 15 is 0 Å². The second-order valence-corrected chi connectivity index (χ2v) is 2.81. The van der Waals surface area contributed by atoms with Crippen LogP contribution in [0.25, 0.3) is 0 Å². The second kappa shape index (κ2) is 8.85. The van der Waals surface area contributed by atoms with Crippen molar-refractivity contribution in [2.45, 2.75) is 19.3 Å². The van der Waals surface area contributed by atoms with Crippen LogP contribution in [0.15, 0.2) is 30.3 Å². The highest BCUT2D eigenvalue weighted by atomic mass is 35.5. The minimum atomic E-state index is -0.217. The van der Waals surface area contributed by atoms with Crippen LogP contribution in [-0.4, -0.2) is 5.91 Å². The molecule has 1 aromatic carbocycles. The smallest absolute Gasteiger partial charge is 0.217 e. The molecule has 0 saturated heterocycles. The first-order chi connectivity index (χ1) is 5.79. The van der Waals surface area contributed by atoms with Crippen molar-refractivity contribution in [2.75, 3.05) is 0 Å². The predicted octanol–water partition coefficient (Wildman–Crippen LogP) is 2.34. The average Bonchev–Trinajstić information content (AvgIpc) is 2.05.